The van der Waals surface area contributed by atoms with Crippen LogP contribution < -0.4 is 0 Å². The number of hydrogen-bond donors (Lipinski definition) is 2. The number of halogens is 1. The largest absolute Gasteiger partial charge is 0.513 e. The molecular weight excluding hydrogens is 138 g/mol. The number of allylic oxidation sites excluding steroid dienone is 2. The SMILES string of the molecule is C/C(O)=C/C(=N)Cl.CC. The Balaban J connectivity index is 0. The molecule has 0 saturated heterocycles. The fourth-order valence-corrected chi connectivity index (χ4v) is 0.341. The normalized spacial score (nSPS) is 9.56. The molecule has 0 rings (SSSR count). The maximum atomic E-state index is 8.36. The van der Waals surface area contributed by atoms with Crippen molar-refractivity contribution in [2.45, 2.75) is 20.8 Å². The number of rotatable bonds is 1. The van der Waals surface area contributed by atoms with E-state index < -0.39 is 0 Å². The van der Waals surface area contributed by atoms with Gasteiger partial charge in [-0.05, 0) is 6.92 Å². The van der Waals surface area contributed by atoms with Crippen LogP contribution in [0, 0.1) is 5.41 Å². The van der Waals surface area contributed by atoms with Crippen molar-refractivity contribution in [2.75, 3.05) is 0 Å². The smallest absolute Gasteiger partial charge is 0.124 e. The summed E-state index contributed by atoms with van der Waals surface area (Å²) < 4.78 is 0. The van der Waals surface area contributed by atoms with E-state index in [-0.39, 0.29) is 10.9 Å². The van der Waals surface area contributed by atoms with Gasteiger partial charge in [-0.25, -0.2) is 0 Å². The molecule has 54 valence electrons. The molecule has 3 heteroatoms. The van der Waals surface area contributed by atoms with E-state index in [1.54, 1.807) is 0 Å². The van der Waals surface area contributed by atoms with Crippen LogP contribution in [0.15, 0.2) is 11.8 Å². The molecule has 2 nitrogen and oxygen atoms in total. The van der Waals surface area contributed by atoms with Gasteiger partial charge in [-0.15, -0.1) is 0 Å². The summed E-state index contributed by atoms with van der Waals surface area (Å²) in [5, 5.41) is 14.8. The van der Waals surface area contributed by atoms with E-state index in [4.69, 9.17) is 22.1 Å². The van der Waals surface area contributed by atoms with Crippen LogP contribution in [0.25, 0.3) is 0 Å². The summed E-state index contributed by atoms with van der Waals surface area (Å²) in [6.45, 7) is 5.46. The lowest BCUT2D eigenvalue weighted by Gasteiger charge is -1.81. The number of aliphatic hydroxyl groups excluding tert-OH is 1. The minimum Gasteiger partial charge on any atom is -0.513 e. The van der Waals surface area contributed by atoms with E-state index in [1.807, 2.05) is 13.8 Å². The van der Waals surface area contributed by atoms with Gasteiger partial charge in [0.25, 0.3) is 0 Å². The van der Waals surface area contributed by atoms with Gasteiger partial charge in [0.05, 0.1) is 5.76 Å². The highest BCUT2D eigenvalue weighted by Gasteiger charge is 1.81. The Morgan fingerprint density at radius 3 is 1.89 bits per heavy atom. The minimum atomic E-state index is -0.153. The van der Waals surface area contributed by atoms with Gasteiger partial charge < -0.3 is 5.11 Å². The highest BCUT2D eigenvalue weighted by molar-refractivity contribution is 6.67. The zero-order valence-electron chi connectivity index (χ0n) is 5.90. The second-order valence-electron chi connectivity index (χ2n) is 1.13. The van der Waals surface area contributed by atoms with Crippen LogP contribution in [0.5, 0.6) is 0 Å². The second kappa shape index (κ2) is 7.50. The van der Waals surface area contributed by atoms with E-state index in [1.165, 1.54) is 6.92 Å². The second-order valence-corrected chi connectivity index (χ2v) is 1.54. The minimum absolute atomic E-state index is 0.0556. The lowest BCUT2D eigenvalue weighted by atomic mass is 10.5. The van der Waals surface area contributed by atoms with Gasteiger partial charge >= 0.3 is 0 Å². The first kappa shape index (κ1) is 11.3. The van der Waals surface area contributed by atoms with Crippen molar-refractivity contribution in [1.82, 2.24) is 0 Å². The van der Waals surface area contributed by atoms with Crippen LogP contribution in [0.2, 0.25) is 0 Å². The molecule has 0 aromatic rings. The molecule has 0 amide bonds. The summed E-state index contributed by atoms with van der Waals surface area (Å²) in [7, 11) is 0. The van der Waals surface area contributed by atoms with Gasteiger partial charge in [-0.2, -0.15) is 0 Å². The Hall–Kier alpha value is -0.500. The average Bonchev–Trinajstić information content (AvgIpc) is 1.68. The number of hydrogen-bond acceptors (Lipinski definition) is 2. The molecule has 0 radical (unpaired) electrons. The first-order valence-corrected chi connectivity index (χ1v) is 3.12. The zero-order valence-corrected chi connectivity index (χ0v) is 6.66. The molecule has 0 aliphatic carbocycles. The molecule has 0 fully saturated rings. The Bertz CT molecular complexity index is 106. The first-order chi connectivity index (χ1) is 4.13. The van der Waals surface area contributed by atoms with Gasteiger partial charge in [0, 0.05) is 6.08 Å². The summed E-state index contributed by atoms with van der Waals surface area (Å²) in [4.78, 5) is 0. The van der Waals surface area contributed by atoms with Crippen molar-refractivity contribution >= 4 is 16.8 Å². The highest BCUT2D eigenvalue weighted by Crippen LogP contribution is 1.88. The van der Waals surface area contributed by atoms with Crippen molar-refractivity contribution in [2.24, 2.45) is 0 Å². The molecule has 0 atom stereocenters. The summed E-state index contributed by atoms with van der Waals surface area (Å²) in [5.74, 6) is 0.0556. The predicted molar refractivity (Wildman–Crippen MR) is 41.3 cm³/mol. The Morgan fingerprint density at radius 2 is 1.89 bits per heavy atom. The van der Waals surface area contributed by atoms with Gasteiger partial charge in [0.15, 0.2) is 0 Å². The Morgan fingerprint density at radius 1 is 1.56 bits per heavy atom. The lowest BCUT2D eigenvalue weighted by molar-refractivity contribution is 0.415. The summed E-state index contributed by atoms with van der Waals surface area (Å²) in [6.07, 6.45) is 1.15. The monoisotopic (exact) mass is 149 g/mol. The van der Waals surface area contributed by atoms with E-state index >= 15 is 0 Å². The van der Waals surface area contributed by atoms with Crippen LogP contribution in [0.1, 0.15) is 20.8 Å². The molecule has 0 bridgehead atoms. The van der Waals surface area contributed by atoms with Crippen LogP contribution in [-0.2, 0) is 0 Å². The van der Waals surface area contributed by atoms with Gasteiger partial charge in [0.2, 0.25) is 0 Å². The van der Waals surface area contributed by atoms with Crippen LogP contribution in [-0.4, -0.2) is 10.3 Å². The third-order valence-electron chi connectivity index (χ3n) is 0.336. The summed E-state index contributed by atoms with van der Waals surface area (Å²) in [5.41, 5.74) is 0. The van der Waals surface area contributed by atoms with E-state index in [0.717, 1.165) is 6.08 Å². The topological polar surface area (TPSA) is 44.1 Å². The molecule has 9 heavy (non-hydrogen) atoms. The quantitative estimate of drug-likeness (QED) is 0.437. The molecular formula is C6H12ClNO. The van der Waals surface area contributed by atoms with E-state index in [9.17, 15) is 0 Å². The third-order valence-corrected chi connectivity index (χ3v) is 0.445. The maximum Gasteiger partial charge on any atom is 0.124 e. The Kier molecular flexibility index (Phi) is 9.43. The number of nitrogens with one attached hydrogen (secondary N) is 1. The highest BCUT2D eigenvalue weighted by atomic mass is 35.5. The van der Waals surface area contributed by atoms with Gasteiger partial charge in [-0.3, -0.25) is 5.41 Å². The molecule has 0 aromatic carbocycles. The molecule has 0 aliphatic rings. The summed E-state index contributed by atoms with van der Waals surface area (Å²) in [6, 6.07) is 0. The number of aliphatic hydroxyl groups is 1. The molecule has 0 aliphatic heterocycles. The summed E-state index contributed by atoms with van der Waals surface area (Å²) >= 11 is 5.02. The average molecular weight is 150 g/mol. The Labute approximate surface area is 60.7 Å². The van der Waals surface area contributed by atoms with Crippen LogP contribution in [0.3, 0.4) is 0 Å². The molecule has 0 saturated carbocycles. The molecule has 0 aromatic heterocycles. The standard InChI is InChI=1S/C4H6ClNO.C2H6/c1-3(7)2-4(5)6;1-2/h2,6-7H,1H3;1-2H3/b3-2-,6-4?;. The third kappa shape index (κ3) is 18.5. The van der Waals surface area contributed by atoms with Crippen LogP contribution in [0.4, 0.5) is 0 Å². The van der Waals surface area contributed by atoms with Crippen molar-refractivity contribution in [3.63, 3.8) is 0 Å². The first-order valence-electron chi connectivity index (χ1n) is 2.74. The van der Waals surface area contributed by atoms with Crippen molar-refractivity contribution in [3.05, 3.63) is 11.8 Å². The van der Waals surface area contributed by atoms with Crippen LogP contribution >= 0.6 is 11.6 Å². The lowest BCUT2D eigenvalue weighted by Crippen LogP contribution is -1.77. The fraction of sp³-hybridized carbons (Fsp3) is 0.500. The maximum absolute atomic E-state index is 8.36. The van der Waals surface area contributed by atoms with E-state index in [0.29, 0.717) is 0 Å². The molecule has 0 unspecified atom stereocenters. The van der Waals surface area contributed by atoms with Crippen molar-refractivity contribution in [1.29, 1.82) is 5.41 Å². The van der Waals surface area contributed by atoms with Crippen molar-refractivity contribution < 1.29 is 5.11 Å². The molecule has 2 N–H and O–H groups in total. The molecule has 0 heterocycles. The van der Waals surface area contributed by atoms with E-state index in [2.05, 4.69) is 0 Å². The zero-order chi connectivity index (χ0) is 7.86. The molecule has 0 spiro atoms. The van der Waals surface area contributed by atoms with Gasteiger partial charge in [0.1, 0.15) is 5.17 Å². The fourth-order valence-electron chi connectivity index (χ4n) is 0.183. The predicted octanol–water partition coefficient (Wildman–Crippen LogP) is 2.69. The van der Waals surface area contributed by atoms with Crippen molar-refractivity contribution in [3.8, 4) is 0 Å². The van der Waals surface area contributed by atoms with Gasteiger partial charge in [-0.1, -0.05) is 25.4 Å².